The van der Waals surface area contributed by atoms with Crippen molar-refractivity contribution in [3.8, 4) is 0 Å². The summed E-state index contributed by atoms with van der Waals surface area (Å²) in [6.07, 6.45) is 15.5. The van der Waals surface area contributed by atoms with Gasteiger partial charge < -0.3 is 0 Å². The first kappa shape index (κ1) is 36.7. The Morgan fingerprint density at radius 2 is 1.44 bits per heavy atom. The van der Waals surface area contributed by atoms with Crippen LogP contribution in [0.5, 0.6) is 0 Å². The van der Waals surface area contributed by atoms with E-state index in [-0.39, 0.29) is 21.3 Å². The SMILES string of the molecule is C=CCC(=NC1(C)C=C[C](c2ccc(C(C)C)cc2)([Sn]([CH2]CCC)([CH2]CCC)[CH2]CCC)C=C1C(=O)c1ccccc1)C(=O)O. The van der Waals surface area contributed by atoms with Crippen LogP contribution in [0.4, 0.5) is 0 Å². The molecule has 0 saturated heterocycles. The van der Waals surface area contributed by atoms with E-state index >= 15 is 0 Å². The van der Waals surface area contributed by atoms with Crippen molar-refractivity contribution in [2.24, 2.45) is 4.99 Å². The standard InChI is InChI=1S/C28H28NO3.3C4H9.Sn/c1-5-9-25(27(31)32)29-28(4)17-16-23(21-14-12-20(13-15-21)19(2)3)18-24(28)26(30)22-10-7-6-8-11-22;3*1-3-4-2;/h5-8,10-19H,1,9H2,2-4H3,(H,31,32);3*1,3-4H2,2H3;. The summed E-state index contributed by atoms with van der Waals surface area (Å²) in [7, 11) is 0. The number of ketones is 1. The Kier molecular flexibility index (Phi) is 13.6. The van der Waals surface area contributed by atoms with Crippen LogP contribution >= 0.6 is 0 Å². The number of aliphatic imine (C=N–C) groups is 1. The topological polar surface area (TPSA) is 66.7 Å². The number of rotatable bonds is 18. The Labute approximate surface area is 276 Å². The summed E-state index contributed by atoms with van der Waals surface area (Å²) in [5.74, 6) is -0.744. The van der Waals surface area contributed by atoms with Crippen LogP contribution in [0.15, 0.2) is 96.0 Å². The number of unbranched alkanes of at least 4 members (excludes halogenated alkanes) is 3. The third kappa shape index (κ3) is 8.36. The molecule has 1 aliphatic carbocycles. The molecule has 2 aromatic carbocycles. The molecule has 3 rings (SSSR count). The molecule has 0 bridgehead atoms. The second-order valence-electron chi connectivity index (χ2n) is 13.3. The summed E-state index contributed by atoms with van der Waals surface area (Å²) in [6.45, 7) is 17.0. The van der Waals surface area contributed by atoms with E-state index in [1.165, 1.54) is 43.7 Å². The summed E-state index contributed by atoms with van der Waals surface area (Å²) in [5, 5.41) is 10.1. The normalized spacial score (nSPS) is 20.2. The molecule has 0 spiro atoms. The van der Waals surface area contributed by atoms with Gasteiger partial charge in [-0.05, 0) is 0 Å². The second kappa shape index (κ2) is 16.7. The van der Waals surface area contributed by atoms with E-state index in [0.29, 0.717) is 17.1 Å². The molecule has 4 nitrogen and oxygen atoms in total. The Morgan fingerprint density at radius 1 is 0.889 bits per heavy atom. The van der Waals surface area contributed by atoms with Gasteiger partial charge in [-0.2, -0.15) is 0 Å². The number of allylic oxidation sites excluding steroid dienone is 3. The van der Waals surface area contributed by atoms with E-state index in [4.69, 9.17) is 4.99 Å². The molecule has 0 aliphatic heterocycles. The maximum atomic E-state index is 14.6. The van der Waals surface area contributed by atoms with Crippen LogP contribution in [0, 0.1) is 0 Å². The number of benzene rings is 2. The number of aliphatic carboxylic acids is 1. The van der Waals surface area contributed by atoms with Crippen LogP contribution in [0.3, 0.4) is 0 Å². The molecule has 5 heteroatoms. The fraction of sp³-hybridized carbons (Fsp3) is 0.475. The zero-order valence-electron chi connectivity index (χ0n) is 28.6. The fourth-order valence-corrected chi connectivity index (χ4v) is 26.3. The molecule has 242 valence electrons. The van der Waals surface area contributed by atoms with Gasteiger partial charge >= 0.3 is 278 Å². The number of Topliss-reactive ketones (excluding diaryl/α,β-unsaturated/α-hetero) is 1. The summed E-state index contributed by atoms with van der Waals surface area (Å²) >= 11 is -3.29. The van der Waals surface area contributed by atoms with Crippen molar-refractivity contribution in [2.45, 2.75) is 115 Å². The first-order valence-electron chi connectivity index (χ1n) is 17.1. The first-order valence-corrected chi connectivity index (χ1v) is 24.6. The third-order valence-corrected chi connectivity index (χ3v) is 27.7. The average Bonchev–Trinajstić information content (AvgIpc) is 3.05. The van der Waals surface area contributed by atoms with Crippen LogP contribution in [-0.4, -0.2) is 46.5 Å². The molecule has 2 aromatic rings. The van der Waals surface area contributed by atoms with Crippen LogP contribution in [0.1, 0.15) is 114 Å². The molecule has 0 saturated carbocycles. The van der Waals surface area contributed by atoms with Crippen LogP contribution < -0.4 is 0 Å². The van der Waals surface area contributed by atoms with Crippen molar-refractivity contribution >= 4 is 35.8 Å². The number of hydrogen-bond donors (Lipinski definition) is 1. The maximum absolute atomic E-state index is 14.6. The van der Waals surface area contributed by atoms with E-state index in [1.807, 2.05) is 37.3 Å². The molecule has 1 N–H and O–H groups in total. The van der Waals surface area contributed by atoms with Crippen molar-refractivity contribution in [3.63, 3.8) is 0 Å². The van der Waals surface area contributed by atoms with Gasteiger partial charge in [0.1, 0.15) is 0 Å². The number of hydrogen-bond acceptors (Lipinski definition) is 3. The molecule has 2 atom stereocenters. The Bertz CT molecular complexity index is 1370. The first-order chi connectivity index (χ1) is 21.5. The summed E-state index contributed by atoms with van der Waals surface area (Å²) < 4.78 is 3.39. The van der Waals surface area contributed by atoms with E-state index in [0.717, 1.165) is 19.3 Å². The molecule has 0 amide bonds. The molecule has 2 unspecified atom stereocenters. The van der Waals surface area contributed by atoms with Crippen molar-refractivity contribution in [1.29, 1.82) is 0 Å². The van der Waals surface area contributed by atoms with Gasteiger partial charge in [0.25, 0.3) is 0 Å². The molecule has 0 aromatic heterocycles. The van der Waals surface area contributed by atoms with E-state index in [1.54, 1.807) is 6.08 Å². The summed E-state index contributed by atoms with van der Waals surface area (Å²) in [6, 6.07) is 18.6. The van der Waals surface area contributed by atoms with Crippen LogP contribution in [-0.2, 0) is 8.23 Å². The summed E-state index contributed by atoms with van der Waals surface area (Å²) in [5.41, 5.74) is 2.65. The van der Waals surface area contributed by atoms with Gasteiger partial charge in [-0.3, -0.25) is 0 Å². The van der Waals surface area contributed by atoms with Gasteiger partial charge in [0, 0.05) is 0 Å². The number of carbonyl (C=O) groups is 2. The van der Waals surface area contributed by atoms with E-state index in [9.17, 15) is 14.7 Å². The van der Waals surface area contributed by atoms with Gasteiger partial charge in [0.15, 0.2) is 0 Å². The van der Waals surface area contributed by atoms with Crippen molar-refractivity contribution < 1.29 is 14.7 Å². The monoisotopic (exact) mass is 717 g/mol. The molecule has 0 heterocycles. The van der Waals surface area contributed by atoms with Crippen LogP contribution in [0.25, 0.3) is 0 Å². The average molecular weight is 717 g/mol. The fourth-order valence-electron chi connectivity index (χ4n) is 7.04. The van der Waals surface area contributed by atoms with Crippen LogP contribution in [0.2, 0.25) is 13.3 Å². The minimum atomic E-state index is -3.29. The predicted molar refractivity (Wildman–Crippen MR) is 193 cm³/mol. The molecule has 0 fully saturated rings. The van der Waals surface area contributed by atoms with Gasteiger partial charge in [-0.1, -0.05) is 0 Å². The third-order valence-electron chi connectivity index (χ3n) is 9.78. The van der Waals surface area contributed by atoms with Crippen molar-refractivity contribution in [2.75, 3.05) is 0 Å². The van der Waals surface area contributed by atoms with Gasteiger partial charge in [0.05, 0.1) is 0 Å². The molecular weight excluding hydrogens is 661 g/mol. The minimum absolute atomic E-state index is 0.00965. The predicted octanol–water partition coefficient (Wildman–Crippen LogP) is 10.7. The van der Waals surface area contributed by atoms with Crippen molar-refractivity contribution in [1.82, 2.24) is 0 Å². The number of nitrogens with zero attached hydrogens (tertiary/aromatic N) is 1. The second-order valence-corrected chi connectivity index (χ2v) is 27.3. The quantitative estimate of drug-likeness (QED) is 0.0723. The molecular formula is C40H55NO3Sn. The van der Waals surface area contributed by atoms with Gasteiger partial charge in [0.2, 0.25) is 0 Å². The Balaban J connectivity index is 2.48. The Hall–Kier alpha value is -2.73. The van der Waals surface area contributed by atoms with Gasteiger partial charge in [-0.25, -0.2) is 0 Å². The Morgan fingerprint density at radius 3 is 1.91 bits per heavy atom. The summed E-state index contributed by atoms with van der Waals surface area (Å²) in [4.78, 5) is 31.8. The van der Waals surface area contributed by atoms with Gasteiger partial charge in [-0.15, -0.1) is 0 Å². The van der Waals surface area contributed by atoms with Crippen molar-refractivity contribution in [3.05, 3.63) is 108 Å². The number of carboxylic acids is 1. The van der Waals surface area contributed by atoms with E-state index < -0.39 is 29.9 Å². The molecule has 45 heavy (non-hydrogen) atoms. The number of carboxylic acid groups (broad SMARTS) is 1. The molecule has 1 aliphatic rings. The van der Waals surface area contributed by atoms with E-state index in [2.05, 4.69) is 83.7 Å². The zero-order chi connectivity index (χ0) is 33.1. The zero-order valence-corrected chi connectivity index (χ0v) is 31.4. The number of carbonyl (C=O) groups excluding carboxylic acids is 1. The molecule has 0 radical (unpaired) electrons.